The van der Waals surface area contributed by atoms with Crippen molar-refractivity contribution < 1.29 is 0 Å². The molecule has 2 aliphatic rings. The zero-order valence-electron chi connectivity index (χ0n) is 19.5. The third-order valence-corrected chi connectivity index (χ3v) is 7.82. The van der Waals surface area contributed by atoms with Crippen molar-refractivity contribution in [2.75, 3.05) is 28.6 Å². The lowest BCUT2D eigenvalue weighted by atomic mass is 9.90. The Morgan fingerprint density at radius 1 is 0.838 bits per heavy atom. The minimum Gasteiger partial charge on any atom is -0.370 e. The number of hydrogen-bond acceptors (Lipinski definition) is 4. The summed E-state index contributed by atoms with van der Waals surface area (Å²) < 4.78 is 0. The van der Waals surface area contributed by atoms with Crippen molar-refractivity contribution in [2.45, 2.75) is 12.0 Å². The molecule has 3 aromatic rings. The van der Waals surface area contributed by atoms with E-state index in [2.05, 4.69) is 51.2 Å². The fourth-order valence-corrected chi connectivity index (χ4v) is 5.30. The Balaban J connectivity index is 1.45. The van der Waals surface area contributed by atoms with Gasteiger partial charge in [-0.1, -0.05) is 58.6 Å². The predicted molar refractivity (Wildman–Crippen MR) is 157 cm³/mol. The molecule has 1 heterocycles. The average molecular weight is 574 g/mol. The fourth-order valence-electron chi connectivity index (χ4n) is 4.71. The average Bonchev–Trinajstić information content (AvgIpc) is 3.16. The van der Waals surface area contributed by atoms with Crippen LogP contribution in [0, 0.1) is 5.41 Å². The van der Waals surface area contributed by atoms with E-state index in [4.69, 9.17) is 57.5 Å². The molecule has 1 aliphatic carbocycles. The maximum Gasteiger partial charge on any atom is 0.185 e. The van der Waals surface area contributed by atoms with Crippen LogP contribution in [-0.2, 0) is 0 Å². The number of anilines is 4. The molecule has 0 aromatic heterocycles. The summed E-state index contributed by atoms with van der Waals surface area (Å²) in [6, 6.07) is 17.4. The monoisotopic (exact) mass is 572 g/mol. The summed E-state index contributed by atoms with van der Waals surface area (Å²) >= 11 is 24.6. The molecule has 3 aromatic carbocycles. The maximum absolute atomic E-state index is 7.49. The van der Waals surface area contributed by atoms with E-state index in [1.165, 1.54) is 5.56 Å². The van der Waals surface area contributed by atoms with Gasteiger partial charge in [0, 0.05) is 47.5 Å². The van der Waals surface area contributed by atoms with Gasteiger partial charge in [0.1, 0.15) is 0 Å². The molecular formula is C27H24Cl4N6. The van der Waals surface area contributed by atoms with Gasteiger partial charge in [-0.3, -0.25) is 5.41 Å². The first kappa shape index (κ1) is 25.6. The van der Waals surface area contributed by atoms with Gasteiger partial charge < -0.3 is 26.6 Å². The Bertz CT molecular complexity index is 1420. The van der Waals surface area contributed by atoms with Crippen molar-refractivity contribution in [3.8, 4) is 0 Å². The van der Waals surface area contributed by atoms with Crippen LogP contribution < -0.4 is 26.6 Å². The van der Waals surface area contributed by atoms with Crippen LogP contribution in [0.4, 0.5) is 22.7 Å². The minimum atomic E-state index is -0.0377. The molecule has 0 saturated carbocycles. The number of hydrogen-bond donors (Lipinski definition) is 5. The molecule has 0 bridgehead atoms. The number of nitrogens with one attached hydrogen (secondary N) is 4. The van der Waals surface area contributed by atoms with Gasteiger partial charge in [0.2, 0.25) is 0 Å². The molecule has 2 unspecified atom stereocenters. The third kappa shape index (κ3) is 5.63. The lowest BCUT2D eigenvalue weighted by Crippen LogP contribution is -2.41. The Kier molecular flexibility index (Phi) is 7.45. The molecule has 0 amide bonds. The van der Waals surface area contributed by atoms with Crippen LogP contribution in [-0.4, -0.2) is 25.1 Å². The topological polar surface area (TPSA) is 89.2 Å². The fraction of sp³-hybridized carbons (Fsp3) is 0.148. The highest BCUT2D eigenvalue weighted by Gasteiger charge is 2.37. The molecular weight excluding hydrogens is 550 g/mol. The zero-order valence-corrected chi connectivity index (χ0v) is 22.6. The van der Waals surface area contributed by atoms with E-state index in [-0.39, 0.29) is 17.9 Å². The van der Waals surface area contributed by atoms with Crippen molar-refractivity contribution in [1.29, 1.82) is 5.41 Å². The molecule has 37 heavy (non-hydrogen) atoms. The molecule has 10 heteroatoms. The molecule has 6 N–H and O–H groups in total. The number of allylic oxidation sites excluding steroid dienone is 1. The van der Waals surface area contributed by atoms with Gasteiger partial charge in [-0.15, -0.1) is 0 Å². The van der Waals surface area contributed by atoms with E-state index < -0.39 is 0 Å². The highest BCUT2D eigenvalue weighted by atomic mass is 35.5. The van der Waals surface area contributed by atoms with E-state index >= 15 is 0 Å². The van der Waals surface area contributed by atoms with Gasteiger partial charge in [-0.25, -0.2) is 0 Å². The zero-order chi connectivity index (χ0) is 26.1. The van der Waals surface area contributed by atoms with Crippen molar-refractivity contribution in [3.63, 3.8) is 0 Å². The Morgan fingerprint density at radius 3 is 2.11 bits per heavy atom. The van der Waals surface area contributed by atoms with Gasteiger partial charge in [-0.05, 0) is 66.2 Å². The Morgan fingerprint density at radius 2 is 1.46 bits per heavy atom. The van der Waals surface area contributed by atoms with E-state index in [0.717, 1.165) is 28.4 Å². The van der Waals surface area contributed by atoms with E-state index in [1.54, 1.807) is 12.1 Å². The summed E-state index contributed by atoms with van der Waals surface area (Å²) in [5.41, 5.74) is 11.5. The normalized spacial score (nSPS) is 17.6. The van der Waals surface area contributed by atoms with Crippen LogP contribution in [0.25, 0.3) is 0 Å². The van der Waals surface area contributed by atoms with Gasteiger partial charge in [-0.2, -0.15) is 0 Å². The van der Waals surface area contributed by atoms with E-state index in [1.807, 2.05) is 30.3 Å². The number of nitrogens with zero attached hydrogens (tertiary/aromatic N) is 1. The Hall–Kier alpha value is -3.03. The van der Waals surface area contributed by atoms with Crippen LogP contribution in [0.2, 0.25) is 20.1 Å². The standard InChI is InChI=1S/C27H24Cl4N6/c28-21-5-1-17(13-23(21)30)35-15-3-7-25-19(11-15)20-12-16(36-18-2-6-22(29)24(31)14-18)4-8-26(20)37(25)10-9-34-27(32)33/h1-8,11-14,19,25,35-36H,9-10H2,(H4,32,33,34). The summed E-state index contributed by atoms with van der Waals surface area (Å²) in [7, 11) is 0. The second kappa shape index (κ2) is 10.8. The van der Waals surface area contributed by atoms with Crippen LogP contribution >= 0.6 is 46.4 Å². The molecule has 0 spiro atoms. The molecule has 2 atom stereocenters. The van der Waals surface area contributed by atoms with Gasteiger partial charge in [0.25, 0.3) is 0 Å². The molecule has 5 rings (SSSR count). The molecule has 1 aliphatic heterocycles. The van der Waals surface area contributed by atoms with Crippen LogP contribution in [0.15, 0.2) is 78.5 Å². The minimum absolute atomic E-state index is 0.0377. The number of halogens is 4. The highest BCUT2D eigenvalue weighted by Crippen LogP contribution is 2.46. The molecule has 0 saturated heterocycles. The predicted octanol–water partition coefficient (Wildman–Crippen LogP) is 7.36. The van der Waals surface area contributed by atoms with Crippen molar-refractivity contribution in [1.82, 2.24) is 5.32 Å². The van der Waals surface area contributed by atoms with Crippen molar-refractivity contribution in [2.24, 2.45) is 5.73 Å². The van der Waals surface area contributed by atoms with Gasteiger partial charge >= 0.3 is 0 Å². The molecule has 0 radical (unpaired) electrons. The van der Waals surface area contributed by atoms with Crippen LogP contribution in [0.5, 0.6) is 0 Å². The third-order valence-electron chi connectivity index (χ3n) is 6.34. The molecule has 190 valence electrons. The van der Waals surface area contributed by atoms with Crippen molar-refractivity contribution >= 4 is 75.1 Å². The summed E-state index contributed by atoms with van der Waals surface area (Å²) in [5, 5.41) is 19.3. The lowest BCUT2D eigenvalue weighted by molar-refractivity contribution is 0.658. The number of guanidine groups is 1. The molecule has 0 fully saturated rings. The first-order valence-electron chi connectivity index (χ1n) is 11.6. The second-order valence-corrected chi connectivity index (χ2v) is 10.4. The molecule has 6 nitrogen and oxygen atoms in total. The number of benzene rings is 3. The number of nitrogens with two attached hydrogens (primary N) is 1. The Labute approximate surface area is 235 Å². The summed E-state index contributed by atoms with van der Waals surface area (Å²) in [4.78, 5) is 2.34. The lowest BCUT2D eigenvalue weighted by Gasteiger charge is -2.29. The maximum atomic E-state index is 7.49. The summed E-state index contributed by atoms with van der Waals surface area (Å²) in [6.45, 7) is 1.26. The van der Waals surface area contributed by atoms with E-state index in [9.17, 15) is 0 Å². The summed E-state index contributed by atoms with van der Waals surface area (Å²) in [5.74, 6) is 0.0718. The van der Waals surface area contributed by atoms with Crippen molar-refractivity contribution in [3.05, 3.63) is 104 Å². The first-order chi connectivity index (χ1) is 17.8. The van der Waals surface area contributed by atoms with Crippen LogP contribution in [0.1, 0.15) is 11.5 Å². The first-order valence-corrected chi connectivity index (χ1v) is 13.1. The highest BCUT2D eigenvalue weighted by molar-refractivity contribution is 6.42. The second-order valence-electron chi connectivity index (χ2n) is 8.81. The number of rotatable bonds is 7. The van der Waals surface area contributed by atoms with Gasteiger partial charge in [0.15, 0.2) is 5.96 Å². The smallest absolute Gasteiger partial charge is 0.185 e. The van der Waals surface area contributed by atoms with Crippen LogP contribution in [0.3, 0.4) is 0 Å². The van der Waals surface area contributed by atoms with Gasteiger partial charge in [0.05, 0.1) is 26.1 Å². The summed E-state index contributed by atoms with van der Waals surface area (Å²) in [6.07, 6.45) is 6.51. The SMILES string of the molecule is N=C(N)NCCN1c2ccc(Nc3ccc(Cl)c(Cl)c3)cc2C2C=C(Nc3ccc(Cl)c(Cl)c3)C=CC21. The quantitative estimate of drug-likeness (QED) is 0.150. The number of fused-ring (bicyclic) bond motifs is 3. The largest absolute Gasteiger partial charge is 0.370 e. The van der Waals surface area contributed by atoms with E-state index in [0.29, 0.717) is 33.2 Å².